The van der Waals surface area contributed by atoms with Crippen molar-refractivity contribution in [2.45, 2.75) is 38.8 Å². The average molecular weight is 215 g/mol. The van der Waals surface area contributed by atoms with E-state index in [1.807, 2.05) is 6.92 Å². The summed E-state index contributed by atoms with van der Waals surface area (Å²) in [5, 5.41) is 8.77. The lowest BCUT2D eigenvalue weighted by Crippen LogP contribution is -2.45. The third-order valence-electron chi connectivity index (χ3n) is 2.34. The van der Waals surface area contributed by atoms with E-state index in [4.69, 9.17) is 5.11 Å². The molecule has 1 N–H and O–H groups in total. The van der Waals surface area contributed by atoms with Crippen molar-refractivity contribution in [3.8, 4) is 0 Å². The van der Waals surface area contributed by atoms with Crippen molar-refractivity contribution in [1.29, 1.82) is 0 Å². The smallest absolute Gasteiger partial charge is 0.419 e. The molecule has 0 saturated carbocycles. The second-order valence-electron chi connectivity index (χ2n) is 3.41. The number of rotatable bonds is 4. The maximum Gasteiger partial charge on any atom is 0.419 e. The lowest BCUT2D eigenvalue weighted by molar-refractivity contribution is -0.142. The van der Waals surface area contributed by atoms with Crippen molar-refractivity contribution in [3.05, 3.63) is 0 Å². The number of carboxylic acids is 1. The molecule has 15 heavy (non-hydrogen) atoms. The predicted octanol–water partition coefficient (Wildman–Crippen LogP) is 0.607. The van der Waals surface area contributed by atoms with Crippen LogP contribution in [0.25, 0.3) is 0 Å². The van der Waals surface area contributed by atoms with Crippen molar-refractivity contribution in [1.82, 2.24) is 4.90 Å². The highest BCUT2D eigenvalue weighted by molar-refractivity contribution is 5.97. The Kier molecular flexibility index (Phi) is 3.28. The molecule has 0 aliphatic carbocycles. The van der Waals surface area contributed by atoms with Gasteiger partial charge >= 0.3 is 18.0 Å². The Balaban J connectivity index is 2.87. The molecule has 0 bridgehead atoms. The van der Waals surface area contributed by atoms with Gasteiger partial charge in [-0.1, -0.05) is 13.3 Å². The highest BCUT2D eigenvalue weighted by Crippen LogP contribution is 2.21. The molecule has 1 fully saturated rings. The number of esters is 1. The molecular formula is C9H13NO5. The van der Waals surface area contributed by atoms with Crippen molar-refractivity contribution in [2.75, 3.05) is 0 Å². The molecule has 1 rings (SSSR count). The molecule has 1 amide bonds. The van der Waals surface area contributed by atoms with E-state index in [0.717, 1.165) is 4.90 Å². The molecule has 1 heterocycles. The van der Waals surface area contributed by atoms with E-state index in [1.54, 1.807) is 0 Å². The second kappa shape index (κ2) is 4.29. The van der Waals surface area contributed by atoms with Crippen molar-refractivity contribution < 1.29 is 24.2 Å². The second-order valence-corrected chi connectivity index (χ2v) is 3.41. The Morgan fingerprint density at radius 2 is 2.20 bits per heavy atom. The fourth-order valence-electron chi connectivity index (χ4n) is 1.52. The summed E-state index contributed by atoms with van der Waals surface area (Å²) >= 11 is 0. The molecule has 0 unspecified atom stereocenters. The van der Waals surface area contributed by atoms with Gasteiger partial charge in [0, 0.05) is 0 Å². The van der Waals surface area contributed by atoms with Crippen LogP contribution in [-0.2, 0) is 14.3 Å². The first-order valence-electron chi connectivity index (χ1n) is 4.75. The molecule has 0 radical (unpaired) electrons. The topological polar surface area (TPSA) is 83.9 Å². The van der Waals surface area contributed by atoms with Gasteiger partial charge in [-0.05, 0) is 13.3 Å². The van der Waals surface area contributed by atoms with Gasteiger partial charge in [-0.25, -0.2) is 14.4 Å². The summed E-state index contributed by atoms with van der Waals surface area (Å²) < 4.78 is 4.40. The van der Waals surface area contributed by atoms with Crippen LogP contribution in [0.5, 0.6) is 0 Å². The van der Waals surface area contributed by atoms with Gasteiger partial charge < -0.3 is 9.84 Å². The van der Waals surface area contributed by atoms with Gasteiger partial charge in [-0.15, -0.1) is 0 Å². The number of cyclic esters (lactones) is 2. The fourth-order valence-corrected chi connectivity index (χ4v) is 1.52. The van der Waals surface area contributed by atoms with Crippen LogP contribution in [-0.4, -0.2) is 40.1 Å². The standard InChI is InChI=1S/C9H13NO5/c1-3-4-6-8(13)15-9(14)10(6)5(2)7(11)12/h5-6H,3-4H2,1-2H3,(H,11,12)/t5-,6-/m0/s1. The Labute approximate surface area is 86.8 Å². The highest BCUT2D eigenvalue weighted by atomic mass is 16.6. The number of nitrogens with zero attached hydrogens (tertiary/aromatic N) is 1. The van der Waals surface area contributed by atoms with Gasteiger partial charge in [-0.3, -0.25) is 4.90 Å². The molecule has 1 aliphatic rings. The Morgan fingerprint density at radius 1 is 1.60 bits per heavy atom. The lowest BCUT2D eigenvalue weighted by Gasteiger charge is -2.23. The van der Waals surface area contributed by atoms with Crippen LogP contribution < -0.4 is 0 Å². The Hall–Kier alpha value is -1.59. The van der Waals surface area contributed by atoms with Crippen LogP contribution in [0.1, 0.15) is 26.7 Å². The van der Waals surface area contributed by atoms with Crippen molar-refractivity contribution >= 4 is 18.0 Å². The van der Waals surface area contributed by atoms with E-state index in [-0.39, 0.29) is 0 Å². The molecular weight excluding hydrogens is 202 g/mol. The maximum absolute atomic E-state index is 11.2. The molecule has 0 aromatic heterocycles. The van der Waals surface area contributed by atoms with Crippen LogP contribution in [0.3, 0.4) is 0 Å². The van der Waals surface area contributed by atoms with E-state index in [9.17, 15) is 14.4 Å². The predicted molar refractivity (Wildman–Crippen MR) is 49.1 cm³/mol. The maximum atomic E-state index is 11.2. The van der Waals surface area contributed by atoms with E-state index in [1.165, 1.54) is 6.92 Å². The van der Waals surface area contributed by atoms with Crippen molar-refractivity contribution in [2.24, 2.45) is 0 Å². The molecule has 0 spiro atoms. The van der Waals surface area contributed by atoms with Crippen LogP contribution in [0.2, 0.25) is 0 Å². The lowest BCUT2D eigenvalue weighted by atomic mass is 10.1. The zero-order chi connectivity index (χ0) is 11.6. The summed E-state index contributed by atoms with van der Waals surface area (Å²) in [7, 11) is 0. The summed E-state index contributed by atoms with van der Waals surface area (Å²) in [6.45, 7) is 3.20. The van der Waals surface area contributed by atoms with Gasteiger partial charge in [-0.2, -0.15) is 0 Å². The number of carboxylic acid groups (broad SMARTS) is 1. The molecule has 84 valence electrons. The number of hydrogen-bond acceptors (Lipinski definition) is 4. The molecule has 0 aromatic carbocycles. The summed E-state index contributed by atoms with van der Waals surface area (Å²) in [5.41, 5.74) is 0. The third kappa shape index (κ3) is 2.08. The third-order valence-corrected chi connectivity index (χ3v) is 2.34. The van der Waals surface area contributed by atoms with Crippen LogP contribution >= 0.6 is 0 Å². The van der Waals surface area contributed by atoms with E-state index in [2.05, 4.69) is 4.74 Å². The number of aliphatic carboxylic acids is 1. The van der Waals surface area contributed by atoms with E-state index >= 15 is 0 Å². The summed E-state index contributed by atoms with van der Waals surface area (Å²) in [6, 6.07) is -1.80. The van der Waals surface area contributed by atoms with Gasteiger partial charge in [0.05, 0.1) is 0 Å². The minimum absolute atomic E-state index is 0.419. The first-order chi connectivity index (χ1) is 6.99. The first kappa shape index (κ1) is 11.5. The average Bonchev–Trinajstić information content (AvgIpc) is 2.41. The highest BCUT2D eigenvalue weighted by Gasteiger charge is 2.44. The monoisotopic (exact) mass is 215 g/mol. The molecule has 6 heteroatoms. The van der Waals surface area contributed by atoms with Crippen LogP contribution in [0, 0.1) is 0 Å². The normalized spacial score (nSPS) is 22.8. The number of ether oxygens (including phenoxy) is 1. The van der Waals surface area contributed by atoms with Crippen LogP contribution in [0.4, 0.5) is 4.79 Å². The molecule has 1 aliphatic heterocycles. The van der Waals surface area contributed by atoms with E-state index < -0.39 is 30.1 Å². The van der Waals surface area contributed by atoms with Crippen LogP contribution in [0.15, 0.2) is 0 Å². The number of carbonyl (C=O) groups is 3. The van der Waals surface area contributed by atoms with Gasteiger partial charge in [0.25, 0.3) is 0 Å². The number of carbonyl (C=O) groups excluding carboxylic acids is 2. The zero-order valence-corrected chi connectivity index (χ0v) is 8.60. The molecule has 1 saturated heterocycles. The van der Waals surface area contributed by atoms with E-state index in [0.29, 0.717) is 12.8 Å². The number of hydrogen-bond donors (Lipinski definition) is 1. The van der Waals surface area contributed by atoms with Gasteiger partial charge in [0.2, 0.25) is 0 Å². The SMILES string of the molecule is CCC[C@H]1C(=O)OC(=O)N1[C@@H](C)C(=O)O. The van der Waals surface area contributed by atoms with Crippen molar-refractivity contribution in [3.63, 3.8) is 0 Å². The Bertz CT molecular complexity index is 301. The van der Waals surface area contributed by atoms with Gasteiger partial charge in [0.15, 0.2) is 0 Å². The minimum Gasteiger partial charge on any atom is -0.480 e. The fraction of sp³-hybridized carbons (Fsp3) is 0.667. The molecule has 6 nitrogen and oxygen atoms in total. The molecule has 2 atom stereocenters. The first-order valence-corrected chi connectivity index (χ1v) is 4.75. The molecule has 0 aromatic rings. The summed E-state index contributed by atoms with van der Waals surface area (Å²) in [5.74, 6) is -1.81. The Morgan fingerprint density at radius 3 is 2.67 bits per heavy atom. The largest absolute Gasteiger partial charge is 0.480 e. The summed E-state index contributed by atoms with van der Waals surface area (Å²) in [6.07, 6.45) is 0.228. The minimum atomic E-state index is -1.15. The zero-order valence-electron chi connectivity index (χ0n) is 8.60. The van der Waals surface area contributed by atoms with Gasteiger partial charge in [0.1, 0.15) is 12.1 Å². The number of amides is 1. The summed E-state index contributed by atoms with van der Waals surface area (Å²) in [4.78, 5) is 34.2. The quantitative estimate of drug-likeness (QED) is 0.548.